The maximum absolute atomic E-state index is 10.9. The summed E-state index contributed by atoms with van der Waals surface area (Å²) in [6, 6.07) is -0.901. The maximum Gasteiger partial charge on any atom is 0.325 e. The number of nitrogens with two attached hydrogens (primary N) is 1. The molecule has 0 bridgehead atoms. The van der Waals surface area contributed by atoms with Gasteiger partial charge < -0.3 is 15.6 Å². The number of carbonyl (C=O) groups excluding carboxylic acids is 1. The first-order chi connectivity index (χ1) is 6.13. The summed E-state index contributed by atoms with van der Waals surface area (Å²) in [4.78, 5) is 10.9. The second-order valence-corrected chi connectivity index (χ2v) is 3.11. The van der Waals surface area contributed by atoms with Crippen molar-refractivity contribution < 1.29 is 14.6 Å². The number of carbonyl (C=O) groups is 1. The van der Waals surface area contributed by atoms with Crippen LogP contribution in [0.25, 0.3) is 0 Å². The van der Waals surface area contributed by atoms with Crippen LogP contribution in [0.2, 0.25) is 0 Å². The van der Waals surface area contributed by atoms with E-state index in [1.165, 1.54) is 7.11 Å². The van der Waals surface area contributed by atoms with E-state index in [9.17, 15) is 9.90 Å². The van der Waals surface area contributed by atoms with Gasteiger partial charge in [0, 0.05) is 0 Å². The van der Waals surface area contributed by atoms with Crippen molar-refractivity contribution in [3.63, 3.8) is 0 Å². The normalized spacial score (nSPS) is 15.1. The molecule has 0 aliphatic heterocycles. The van der Waals surface area contributed by atoms with E-state index in [1.807, 2.05) is 0 Å². The SMILES string of the molecule is CCCCC[C@H](O)[C@H](N)C(=O)OC. The summed E-state index contributed by atoms with van der Waals surface area (Å²) in [5.74, 6) is -0.552. The zero-order valence-corrected chi connectivity index (χ0v) is 8.32. The minimum Gasteiger partial charge on any atom is -0.468 e. The molecule has 0 aromatic rings. The van der Waals surface area contributed by atoms with Crippen LogP contribution in [0.15, 0.2) is 0 Å². The van der Waals surface area contributed by atoms with Gasteiger partial charge >= 0.3 is 5.97 Å². The third-order valence-electron chi connectivity index (χ3n) is 1.99. The van der Waals surface area contributed by atoms with E-state index >= 15 is 0 Å². The smallest absolute Gasteiger partial charge is 0.325 e. The Labute approximate surface area is 79.1 Å². The van der Waals surface area contributed by atoms with Crippen LogP contribution in [0.3, 0.4) is 0 Å². The molecule has 0 spiro atoms. The van der Waals surface area contributed by atoms with E-state index < -0.39 is 18.1 Å². The minimum atomic E-state index is -0.901. The number of esters is 1. The van der Waals surface area contributed by atoms with Crippen molar-refractivity contribution in [1.29, 1.82) is 0 Å². The fourth-order valence-electron chi connectivity index (χ4n) is 1.08. The van der Waals surface area contributed by atoms with Gasteiger partial charge in [0.05, 0.1) is 13.2 Å². The molecule has 0 amide bonds. The number of hydrogen-bond acceptors (Lipinski definition) is 4. The number of unbranched alkanes of at least 4 members (excludes halogenated alkanes) is 2. The summed E-state index contributed by atoms with van der Waals surface area (Å²) in [5, 5.41) is 9.42. The Balaban J connectivity index is 3.68. The highest BCUT2D eigenvalue weighted by atomic mass is 16.5. The molecule has 0 radical (unpaired) electrons. The summed E-state index contributed by atoms with van der Waals surface area (Å²) >= 11 is 0. The molecular weight excluding hydrogens is 170 g/mol. The Hall–Kier alpha value is -0.610. The molecule has 0 saturated heterocycles. The van der Waals surface area contributed by atoms with E-state index in [0.29, 0.717) is 6.42 Å². The van der Waals surface area contributed by atoms with Crippen molar-refractivity contribution >= 4 is 5.97 Å². The monoisotopic (exact) mass is 189 g/mol. The largest absolute Gasteiger partial charge is 0.468 e. The van der Waals surface area contributed by atoms with Gasteiger partial charge in [0.1, 0.15) is 6.04 Å². The number of ether oxygens (including phenoxy) is 1. The molecule has 0 fully saturated rings. The van der Waals surface area contributed by atoms with E-state index in [0.717, 1.165) is 19.3 Å². The van der Waals surface area contributed by atoms with Gasteiger partial charge in [0.15, 0.2) is 0 Å². The van der Waals surface area contributed by atoms with Crippen LogP contribution in [0.1, 0.15) is 32.6 Å². The highest BCUT2D eigenvalue weighted by Crippen LogP contribution is 2.06. The Kier molecular flexibility index (Phi) is 6.54. The van der Waals surface area contributed by atoms with Crippen molar-refractivity contribution in [2.75, 3.05) is 7.11 Å². The molecule has 4 heteroatoms. The molecule has 0 heterocycles. The molecule has 13 heavy (non-hydrogen) atoms. The minimum absolute atomic E-state index is 0.552. The second kappa shape index (κ2) is 6.86. The first-order valence-corrected chi connectivity index (χ1v) is 4.65. The van der Waals surface area contributed by atoms with Gasteiger partial charge in [-0.3, -0.25) is 4.79 Å². The molecule has 3 N–H and O–H groups in total. The molecule has 0 unspecified atom stereocenters. The lowest BCUT2D eigenvalue weighted by Crippen LogP contribution is -2.42. The quantitative estimate of drug-likeness (QED) is 0.469. The van der Waals surface area contributed by atoms with Gasteiger partial charge in [-0.1, -0.05) is 26.2 Å². The van der Waals surface area contributed by atoms with Crippen molar-refractivity contribution in [2.45, 2.75) is 44.8 Å². The van der Waals surface area contributed by atoms with Crippen LogP contribution >= 0.6 is 0 Å². The van der Waals surface area contributed by atoms with Crippen LogP contribution in [-0.2, 0) is 9.53 Å². The van der Waals surface area contributed by atoms with E-state index in [4.69, 9.17) is 5.73 Å². The van der Waals surface area contributed by atoms with Gasteiger partial charge in [-0.05, 0) is 6.42 Å². The molecule has 0 saturated carbocycles. The van der Waals surface area contributed by atoms with Crippen molar-refractivity contribution in [1.82, 2.24) is 0 Å². The highest BCUT2D eigenvalue weighted by molar-refractivity contribution is 5.75. The Bertz CT molecular complexity index is 150. The molecule has 2 atom stereocenters. The van der Waals surface area contributed by atoms with E-state index in [1.54, 1.807) is 0 Å². The third-order valence-corrected chi connectivity index (χ3v) is 1.99. The molecule has 0 aromatic heterocycles. The number of methoxy groups -OCH3 is 1. The predicted molar refractivity (Wildman–Crippen MR) is 50.1 cm³/mol. The molecule has 0 aromatic carbocycles. The average molecular weight is 189 g/mol. The second-order valence-electron chi connectivity index (χ2n) is 3.11. The van der Waals surface area contributed by atoms with Crippen LogP contribution in [0, 0.1) is 0 Å². The molecule has 4 nitrogen and oxygen atoms in total. The van der Waals surface area contributed by atoms with Gasteiger partial charge in [0.25, 0.3) is 0 Å². The molecule has 0 aliphatic carbocycles. The summed E-state index contributed by atoms with van der Waals surface area (Å²) in [6.07, 6.45) is 2.80. The summed E-state index contributed by atoms with van der Waals surface area (Å²) < 4.78 is 4.42. The van der Waals surface area contributed by atoms with Gasteiger partial charge in [-0.2, -0.15) is 0 Å². The molecule has 0 aliphatic rings. The number of aliphatic hydroxyl groups is 1. The highest BCUT2D eigenvalue weighted by Gasteiger charge is 2.22. The molecular formula is C9H19NO3. The van der Waals surface area contributed by atoms with Crippen LogP contribution in [-0.4, -0.2) is 30.3 Å². The average Bonchev–Trinajstić information content (AvgIpc) is 2.15. The van der Waals surface area contributed by atoms with Gasteiger partial charge in [-0.25, -0.2) is 0 Å². The number of rotatable bonds is 6. The fourth-order valence-corrected chi connectivity index (χ4v) is 1.08. The van der Waals surface area contributed by atoms with Crippen molar-refractivity contribution in [3.8, 4) is 0 Å². The predicted octanol–water partition coefficient (Wildman–Crippen LogP) is 0.428. The Morgan fingerprint density at radius 3 is 2.62 bits per heavy atom. The molecule has 0 rings (SSSR count). The van der Waals surface area contributed by atoms with Gasteiger partial charge in [-0.15, -0.1) is 0 Å². The summed E-state index contributed by atoms with van der Waals surface area (Å²) in [6.45, 7) is 2.08. The topological polar surface area (TPSA) is 72.5 Å². The van der Waals surface area contributed by atoms with Crippen molar-refractivity contribution in [3.05, 3.63) is 0 Å². The first-order valence-electron chi connectivity index (χ1n) is 4.65. The van der Waals surface area contributed by atoms with Gasteiger partial charge in [0.2, 0.25) is 0 Å². The Morgan fingerprint density at radius 1 is 1.54 bits per heavy atom. The zero-order valence-electron chi connectivity index (χ0n) is 8.32. The lowest BCUT2D eigenvalue weighted by atomic mass is 10.1. The van der Waals surface area contributed by atoms with Crippen LogP contribution in [0.5, 0.6) is 0 Å². The van der Waals surface area contributed by atoms with Crippen molar-refractivity contribution in [2.24, 2.45) is 5.73 Å². The standard InChI is InChI=1S/C9H19NO3/c1-3-4-5-6-7(11)8(10)9(12)13-2/h7-8,11H,3-6,10H2,1-2H3/t7-,8-/m0/s1. The Morgan fingerprint density at radius 2 is 2.15 bits per heavy atom. The maximum atomic E-state index is 10.9. The summed E-state index contributed by atoms with van der Waals surface area (Å²) in [5.41, 5.74) is 5.43. The fraction of sp³-hybridized carbons (Fsp3) is 0.889. The molecule has 78 valence electrons. The first kappa shape index (κ1) is 12.4. The number of hydrogen-bond donors (Lipinski definition) is 2. The lowest BCUT2D eigenvalue weighted by Gasteiger charge is -2.15. The van der Waals surface area contributed by atoms with E-state index in [-0.39, 0.29) is 0 Å². The van der Waals surface area contributed by atoms with E-state index in [2.05, 4.69) is 11.7 Å². The zero-order chi connectivity index (χ0) is 10.3. The third kappa shape index (κ3) is 4.85. The number of aliphatic hydroxyl groups excluding tert-OH is 1. The van der Waals surface area contributed by atoms with Crippen LogP contribution < -0.4 is 5.73 Å². The lowest BCUT2D eigenvalue weighted by molar-refractivity contribution is -0.145. The van der Waals surface area contributed by atoms with Crippen LogP contribution in [0.4, 0.5) is 0 Å². The summed E-state index contributed by atoms with van der Waals surface area (Å²) in [7, 11) is 1.26.